The van der Waals surface area contributed by atoms with Crippen LogP contribution in [-0.4, -0.2) is 50.4 Å². The summed E-state index contributed by atoms with van der Waals surface area (Å²) in [5.74, 6) is 0.913. The lowest BCUT2D eigenvalue weighted by atomic mass is 9.89. The van der Waals surface area contributed by atoms with Gasteiger partial charge in [0.15, 0.2) is 11.5 Å². The summed E-state index contributed by atoms with van der Waals surface area (Å²) in [6, 6.07) is 9.17. The van der Waals surface area contributed by atoms with Crippen LogP contribution < -0.4 is 14.2 Å². The molecule has 0 aliphatic carbocycles. The lowest BCUT2D eigenvalue weighted by Gasteiger charge is -2.47. The Bertz CT molecular complexity index is 957. The molecule has 0 unspecified atom stereocenters. The van der Waals surface area contributed by atoms with E-state index in [1.807, 2.05) is 6.07 Å². The van der Waals surface area contributed by atoms with E-state index in [-0.39, 0.29) is 17.8 Å². The highest BCUT2D eigenvalue weighted by Gasteiger charge is 2.52. The number of methoxy groups -OCH3 is 2. The van der Waals surface area contributed by atoms with Crippen LogP contribution in [0.15, 0.2) is 42.5 Å². The van der Waals surface area contributed by atoms with E-state index in [1.165, 1.54) is 26.4 Å². The average Bonchev–Trinajstić information content (AvgIpc) is 3.30. The summed E-state index contributed by atoms with van der Waals surface area (Å²) in [7, 11) is 3.03. The van der Waals surface area contributed by atoms with Gasteiger partial charge in [0.25, 0.3) is 5.91 Å². The molecule has 0 N–H and O–H groups in total. The molecule has 2 aliphatic heterocycles. The summed E-state index contributed by atoms with van der Waals surface area (Å²) < 4.78 is 61.1. The molecule has 2 aromatic carbocycles. The lowest BCUT2D eigenvalue weighted by molar-refractivity contribution is -0.167. The van der Waals surface area contributed by atoms with E-state index < -0.39 is 23.9 Å². The molecular weight excluding hydrogens is 427 g/mol. The molecular formula is C23H24F3NO5. The second-order valence-electron chi connectivity index (χ2n) is 7.71. The number of hydrogen-bond donors (Lipinski definition) is 0. The Morgan fingerprint density at radius 2 is 1.84 bits per heavy atom. The Morgan fingerprint density at radius 1 is 1.09 bits per heavy atom. The van der Waals surface area contributed by atoms with E-state index in [4.69, 9.17) is 18.9 Å². The smallest absolute Gasteiger partial charge is 0.416 e. The highest BCUT2D eigenvalue weighted by molar-refractivity contribution is 5.89. The number of ether oxygens (including phenoxy) is 4. The van der Waals surface area contributed by atoms with Crippen LogP contribution in [0.5, 0.6) is 17.2 Å². The Labute approximate surface area is 183 Å². The maximum atomic E-state index is 13.0. The number of rotatable bonds is 7. The Kier molecular flexibility index (Phi) is 6.19. The van der Waals surface area contributed by atoms with Gasteiger partial charge in [-0.2, -0.15) is 13.2 Å². The minimum absolute atomic E-state index is 0.0647. The Balaban J connectivity index is 1.63. The number of likely N-dealkylation sites (tertiary alicyclic amines) is 1. The molecule has 2 aliphatic rings. The number of amides is 1. The fourth-order valence-corrected chi connectivity index (χ4v) is 4.19. The average molecular weight is 451 g/mol. The van der Waals surface area contributed by atoms with E-state index in [0.29, 0.717) is 30.2 Å². The minimum Gasteiger partial charge on any atom is -0.493 e. The molecule has 2 saturated heterocycles. The van der Waals surface area contributed by atoms with Gasteiger partial charge in [-0.05, 0) is 43.2 Å². The van der Waals surface area contributed by atoms with E-state index in [1.54, 1.807) is 17.0 Å². The van der Waals surface area contributed by atoms with Crippen molar-refractivity contribution in [3.05, 3.63) is 53.6 Å². The van der Waals surface area contributed by atoms with Gasteiger partial charge in [-0.15, -0.1) is 0 Å². The first kappa shape index (κ1) is 22.3. The summed E-state index contributed by atoms with van der Waals surface area (Å²) in [6.45, 7) is 1.06. The normalized spacial score (nSPS) is 23.1. The van der Waals surface area contributed by atoms with E-state index >= 15 is 0 Å². The number of para-hydroxylation sites is 1. The zero-order chi connectivity index (χ0) is 22.9. The topological polar surface area (TPSA) is 57.2 Å². The third-order valence-corrected chi connectivity index (χ3v) is 5.77. The van der Waals surface area contributed by atoms with Crippen molar-refractivity contribution in [2.24, 2.45) is 0 Å². The van der Waals surface area contributed by atoms with Crippen molar-refractivity contribution in [2.75, 3.05) is 27.4 Å². The van der Waals surface area contributed by atoms with Crippen molar-refractivity contribution in [2.45, 2.75) is 37.3 Å². The molecule has 4 rings (SSSR count). The highest BCUT2D eigenvalue weighted by Crippen LogP contribution is 2.45. The standard InChI is InChI=1S/C23H24F3NO5/c1-29-18-7-3-6-17(20(18)30-2)19-21(22(28)27(19)13-16-5-4-12-31-16)32-15-10-8-14(9-11-15)23(24,25)26/h3,6-11,16,19,21H,4-5,12-13H2,1-2H3/t16-,19+,21-/m0/s1. The summed E-state index contributed by atoms with van der Waals surface area (Å²) in [5.41, 5.74) is -0.0860. The molecule has 2 aromatic rings. The maximum absolute atomic E-state index is 13.0. The number of carbonyl (C=O) groups is 1. The monoisotopic (exact) mass is 451 g/mol. The predicted molar refractivity (Wildman–Crippen MR) is 109 cm³/mol. The highest BCUT2D eigenvalue weighted by atomic mass is 19.4. The van der Waals surface area contributed by atoms with Gasteiger partial charge < -0.3 is 23.8 Å². The molecule has 0 bridgehead atoms. The SMILES string of the molecule is COc1cccc([C@@H]2[C@H](Oc3ccc(C(F)(F)F)cc3)C(=O)N2C[C@@H]2CCCO2)c1OC. The second kappa shape index (κ2) is 8.90. The first-order chi connectivity index (χ1) is 15.3. The third kappa shape index (κ3) is 4.21. The van der Waals surface area contributed by atoms with Crippen LogP contribution in [0, 0.1) is 0 Å². The molecule has 172 valence electrons. The Morgan fingerprint density at radius 3 is 2.44 bits per heavy atom. The molecule has 0 saturated carbocycles. The molecule has 9 heteroatoms. The predicted octanol–water partition coefficient (Wildman–Crippen LogP) is 4.23. The summed E-state index contributed by atoms with van der Waals surface area (Å²) >= 11 is 0. The van der Waals surface area contributed by atoms with E-state index in [9.17, 15) is 18.0 Å². The van der Waals surface area contributed by atoms with Crippen LogP contribution in [0.4, 0.5) is 13.2 Å². The van der Waals surface area contributed by atoms with E-state index in [2.05, 4.69) is 0 Å². The fraction of sp³-hybridized carbons (Fsp3) is 0.435. The number of alkyl halides is 3. The zero-order valence-corrected chi connectivity index (χ0v) is 17.7. The number of halogens is 3. The molecule has 2 heterocycles. The quantitative estimate of drug-likeness (QED) is 0.590. The van der Waals surface area contributed by atoms with Gasteiger partial charge in [0.2, 0.25) is 6.10 Å². The summed E-state index contributed by atoms with van der Waals surface area (Å²) in [6.07, 6.45) is -3.62. The van der Waals surface area contributed by atoms with Gasteiger partial charge >= 0.3 is 6.18 Å². The molecule has 0 spiro atoms. The third-order valence-electron chi connectivity index (χ3n) is 5.77. The van der Waals surface area contributed by atoms with Crippen LogP contribution in [0.3, 0.4) is 0 Å². The van der Waals surface area contributed by atoms with Gasteiger partial charge in [0, 0.05) is 18.7 Å². The number of β-lactam (4-membered cyclic amide) rings is 1. The van der Waals surface area contributed by atoms with Crippen LogP contribution in [0.25, 0.3) is 0 Å². The number of nitrogens with zero attached hydrogens (tertiary/aromatic N) is 1. The molecule has 0 aromatic heterocycles. The van der Waals surface area contributed by atoms with Gasteiger partial charge in [0.1, 0.15) is 11.8 Å². The Hall–Kier alpha value is -2.94. The summed E-state index contributed by atoms with van der Waals surface area (Å²) in [5, 5.41) is 0. The van der Waals surface area contributed by atoms with Crippen molar-refractivity contribution < 1.29 is 36.9 Å². The first-order valence-corrected chi connectivity index (χ1v) is 10.3. The van der Waals surface area contributed by atoms with Gasteiger partial charge in [-0.3, -0.25) is 4.79 Å². The van der Waals surface area contributed by atoms with Crippen LogP contribution in [0.2, 0.25) is 0 Å². The lowest BCUT2D eigenvalue weighted by Crippen LogP contribution is -2.62. The fourth-order valence-electron chi connectivity index (χ4n) is 4.19. The molecule has 32 heavy (non-hydrogen) atoms. The van der Waals surface area contributed by atoms with Crippen LogP contribution in [0.1, 0.15) is 30.0 Å². The molecule has 6 nitrogen and oxygen atoms in total. The largest absolute Gasteiger partial charge is 0.493 e. The van der Waals surface area contributed by atoms with Crippen molar-refractivity contribution in [3.63, 3.8) is 0 Å². The van der Waals surface area contributed by atoms with E-state index in [0.717, 1.165) is 25.0 Å². The van der Waals surface area contributed by atoms with Crippen molar-refractivity contribution in [1.29, 1.82) is 0 Å². The number of benzene rings is 2. The molecule has 3 atom stereocenters. The number of carbonyl (C=O) groups excluding carboxylic acids is 1. The maximum Gasteiger partial charge on any atom is 0.416 e. The van der Waals surface area contributed by atoms with Crippen molar-refractivity contribution >= 4 is 5.91 Å². The van der Waals surface area contributed by atoms with Gasteiger partial charge in [-0.1, -0.05) is 12.1 Å². The minimum atomic E-state index is -4.45. The van der Waals surface area contributed by atoms with Gasteiger partial charge in [-0.25, -0.2) is 0 Å². The number of hydrogen-bond acceptors (Lipinski definition) is 5. The van der Waals surface area contributed by atoms with Crippen LogP contribution in [-0.2, 0) is 15.7 Å². The zero-order valence-electron chi connectivity index (χ0n) is 17.7. The second-order valence-corrected chi connectivity index (χ2v) is 7.71. The van der Waals surface area contributed by atoms with Crippen molar-refractivity contribution in [1.82, 2.24) is 4.90 Å². The van der Waals surface area contributed by atoms with Crippen LogP contribution >= 0.6 is 0 Å². The molecule has 2 fully saturated rings. The molecule has 0 radical (unpaired) electrons. The van der Waals surface area contributed by atoms with Gasteiger partial charge in [0.05, 0.1) is 25.9 Å². The summed E-state index contributed by atoms with van der Waals surface area (Å²) in [4.78, 5) is 14.7. The first-order valence-electron chi connectivity index (χ1n) is 10.3. The van der Waals surface area contributed by atoms with Crippen molar-refractivity contribution in [3.8, 4) is 17.2 Å². The molecule has 1 amide bonds.